The van der Waals surface area contributed by atoms with Crippen LogP contribution < -0.4 is 10.0 Å². The van der Waals surface area contributed by atoms with Crippen LogP contribution in [0.5, 0.6) is 0 Å². The average molecular weight is 457 g/mol. The first-order valence-electron chi connectivity index (χ1n) is 10.8. The molecule has 3 aromatic rings. The molecule has 0 spiro atoms. The van der Waals surface area contributed by atoms with Crippen molar-refractivity contribution in [3.05, 3.63) is 53.3 Å². The van der Waals surface area contributed by atoms with Gasteiger partial charge in [0, 0.05) is 34.8 Å². The van der Waals surface area contributed by atoms with Crippen molar-refractivity contribution >= 4 is 33.8 Å². The molecular formula is C24H27FN3O3S-. The molecule has 1 saturated carbocycles. The molecule has 0 saturated heterocycles. The summed E-state index contributed by atoms with van der Waals surface area (Å²) in [6, 6.07) is 9.46. The number of nitrogen functional groups attached to an aromatic ring is 1. The summed E-state index contributed by atoms with van der Waals surface area (Å²) in [5.74, 6) is 0.612. The lowest BCUT2D eigenvalue weighted by molar-refractivity contribution is 0.522. The molecule has 8 heteroatoms. The topological polar surface area (TPSA) is 106 Å². The number of benzene rings is 2. The molecule has 6 nitrogen and oxygen atoms in total. The van der Waals surface area contributed by atoms with E-state index >= 15 is 0 Å². The number of amidine groups is 1. The number of nitrogens with two attached hydrogens (primary N) is 1. The molecule has 1 aromatic heterocycles. The third kappa shape index (κ3) is 4.56. The number of rotatable bonds is 9. The Kier molecular flexibility index (Phi) is 6.35. The van der Waals surface area contributed by atoms with Crippen LogP contribution in [-0.2, 0) is 11.3 Å². The fourth-order valence-corrected chi connectivity index (χ4v) is 4.67. The zero-order valence-corrected chi connectivity index (χ0v) is 19.0. The number of anilines is 1. The number of nitrogens with zero attached hydrogens (tertiary/aromatic N) is 1. The van der Waals surface area contributed by atoms with E-state index in [1.807, 2.05) is 6.07 Å². The number of nitrogens with one attached hydrogen (secondary N) is 1. The molecule has 2 aromatic carbocycles. The van der Waals surface area contributed by atoms with E-state index in [4.69, 9.17) is 15.6 Å². The van der Waals surface area contributed by atoms with Crippen LogP contribution in [0.4, 0.5) is 10.1 Å². The van der Waals surface area contributed by atoms with Gasteiger partial charge in [0.15, 0.2) is 0 Å². The molecule has 170 valence electrons. The Morgan fingerprint density at radius 3 is 2.56 bits per heavy atom. The predicted octanol–water partition coefficient (Wildman–Crippen LogP) is 5.44. The van der Waals surface area contributed by atoms with Crippen LogP contribution in [0.3, 0.4) is 0 Å². The number of halogens is 1. The van der Waals surface area contributed by atoms with E-state index in [2.05, 4.69) is 13.8 Å². The van der Waals surface area contributed by atoms with Crippen LogP contribution in [0.15, 0.2) is 40.8 Å². The summed E-state index contributed by atoms with van der Waals surface area (Å²) in [6.45, 7) is 4.62. The summed E-state index contributed by atoms with van der Waals surface area (Å²) in [5, 5.41) is 8.80. The Hall–Kier alpha value is -2.71. The molecule has 1 fully saturated rings. The Labute approximate surface area is 189 Å². The molecule has 1 aliphatic rings. The second-order valence-electron chi connectivity index (χ2n) is 8.76. The van der Waals surface area contributed by atoms with E-state index in [0.29, 0.717) is 46.0 Å². The number of fused-ring (bicyclic) bond motifs is 1. The van der Waals surface area contributed by atoms with Crippen LogP contribution >= 0.6 is 0 Å². The average Bonchev–Trinajstić information content (AvgIpc) is 3.50. The summed E-state index contributed by atoms with van der Waals surface area (Å²) in [7, 11) is 0. The molecule has 0 radical (unpaired) electrons. The van der Waals surface area contributed by atoms with Gasteiger partial charge in [-0.1, -0.05) is 13.8 Å². The van der Waals surface area contributed by atoms with Gasteiger partial charge in [-0.3, -0.25) is 9.62 Å². The van der Waals surface area contributed by atoms with Gasteiger partial charge in [-0.05, 0) is 73.4 Å². The lowest BCUT2D eigenvalue weighted by Crippen LogP contribution is -2.27. The van der Waals surface area contributed by atoms with Gasteiger partial charge in [0.05, 0.1) is 11.3 Å². The minimum Gasteiger partial charge on any atom is -0.755 e. The number of hydrogen-bond donors (Lipinski definition) is 2. The van der Waals surface area contributed by atoms with Crippen LogP contribution in [-0.4, -0.2) is 21.1 Å². The molecule has 32 heavy (non-hydrogen) atoms. The lowest BCUT2D eigenvalue weighted by Gasteiger charge is -2.29. The summed E-state index contributed by atoms with van der Waals surface area (Å²) in [6.07, 6.45) is 3.66. The molecule has 1 atom stereocenters. The minimum absolute atomic E-state index is 0.154. The first-order valence-corrected chi connectivity index (χ1v) is 11.9. The van der Waals surface area contributed by atoms with E-state index in [-0.39, 0.29) is 17.6 Å². The monoisotopic (exact) mass is 456 g/mol. The summed E-state index contributed by atoms with van der Waals surface area (Å²) in [5.41, 5.74) is 8.95. The van der Waals surface area contributed by atoms with Gasteiger partial charge in [0.1, 0.15) is 23.0 Å². The quantitative estimate of drug-likeness (QED) is 0.254. The highest BCUT2D eigenvalue weighted by atomic mass is 32.2. The highest BCUT2D eigenvalue weighted by Crippen LogP contribution is 2.47. The van der Waals surface area contributed by atoms with Crippen molar-refractivity contribution in [3.63, 3.8) is 0 Å². The Morgan fingerprint density at radius 1 is 1.31 bits per heavy atom. The summed E-state index contributed by atoms with van der Waals surface area (Å²) < 4.78 is 45.2. The zero-order chi connectivity index (χ0) is 23.0. The van der Waals surface area contributed by atoms with Gasteiger partial charge in [0.25, 0.3) is 0 Å². The highest BCUT2D eigenvalue weighted by Gasteiger charge is 2.30. The molecule has 0 aliphatic heterocycles. The first kappa shape index (κ1) is 22.5. The first-order chi connectivity index (χ1) is 15.3. The molecule has 1 heterocycles. The Morgan fingerprint density at radius 2 is 2.00 bits per heavy atom. The Balaban J connectivity index is 1.85. The maximum absolute atomic E-state index is 13.4. The van der Waals surface area contributed by atoms with E-state index in [9.17, 15) is 13.2 Å². The summed E-state index contributed by atoms with van der Waals surface area (Å²) in [4.78, 5) is 0. The third-order valence-electron chi connectivity index (χ3n) is 5.82. The number of hydrogen-bond acceptors (Lipinski definition) is 4. The van der Waals surface area contributed by atoms with Crippen molar-refractivity contribution in [1.29, 1.82) is 5.41 Å². The largest absolute Gasteiger partial charge is 0.755 e. The van der Waals surface area contributed by atoms with Gasteiger partial charge in [-0.2, -0.15) is 0 Å². The maximum Gasteiger partial charge on any atom is 0.146 e. The third-order valence-corrected chi connectivity index (χ3v) is 6.56. The normalized spacial score (nSPS) is 14.8. The van der Waals surface area contributed by atoms with Crippen molar-refractivity contribution in [2.45, 2.75) is 45.4 Å². The minimum atomic E-state index is -2.42. The fraction of sp³-hybridized carbons (Fsp3) is 0.375. The smallest absolute Gasteiger partial charge is 0.146 e. The standard InChI is InChI=1S/C24H28FN3O3S/c1-14(2)4-3-11-28(32(29)30)20-13-21-19(12-18(20)15-5-6-15)22(24(26)27)23(31-21)16-7-9-17(25)10-8-16/h7-10,12-15H,3-6,11H2,1-2H3,(H3,26,27)(H,29,30)/p-1. The van der Waals surface area contributed by atoms with Crippen molar-refractivity contribution in [2.24, 2.45) is 11.7 Å². The van der Waals surface area contributed by atoms with Crippen molar-refractivity contribution in [3.8, 4) is 11.3 Å². The van der Waals surface area contributed by atoms with Crippen LogP contribution in [0.1, 0.15) is 56.6 Å². The highest BCUT2D eigenvalue weighted by molar-refractivity contribution is 7.80. The van der Waals surface area contributed by atoms with Gasteiger partial charge < -0.3 is 19.0 Å². The van der Waals surface area contributed by atoms with Crippen LogP contribution in [0.2, 0.25) is 0 Å². The van der Waals surface area contributed by atoms with Crippen molar-refractivity contribution in [1.82, 2.24) is 0 Å². The second kappa shape index (κ2) is 9.03. The maximum atomic E-state index is 13.4. The molecule has 0 amide bonds. The van der Waals surface area contributed by atoms with Gasteiger partial charge >= 0.3 is 0 Å². The summed E-state index contributed by atoms with van der Waals surface area (Å²) >= 11 is -2.42. The lowest BCUT2D eigenvalue weighted by atomic mass is 10.00. The van der Waals surface area contributed by atoms with E-state index in [0.717, 1.165) is 31.2 Å². The van der Waals surface area contributed by atoms with E-state index in [1.165, 1.54) is 16.4 Å². The molecule has 1 unspecified atom stereocenters. The zero-order valence-electron chi connectivity index (χ0n) is 18.2. The molecule has 4 rings (SSSR count). The van der Waals surface area contributed by atoms with Gasteiger partial charge in [-0.25, -0.2) is 4.39 Å². The SMILES string of the molecule is CC(C)CCCN(c1cc2oc(-c3ccc(F)cc3)c(C(=N)N)c2cc1C1CC1)S(=O)[O-]. The molecule has 0 bridgehead atoms. The molecule has 3 N–H and O–H groups in total. The van der Waals surface area contributed by atoms with E-state index in [1.54, 1.807) is 18.2 Å². The molecular weight excluding hydrogens is 429 g/mol. The van der Waals surface area contributed by atoms with E-state index < -0.39 is 11.3 Å². The fourth-order valence-electron chi connectivity index (χ4n) is 4.08. The number of furan rings is 1. The Bertz CT molecular complexity index is 1170. The molecule has 1 aliphatic carbocycles. The van der Waals surface area contributed by atoms with Gasteiger partial charge in [-0.15, -0.1) is 0 Å². The van der Waals surface area contributed by atoms with Crippen LogP contribution in [0.25, 0.3) is 22.3 Å². The second-order valence-corrected chi connectivity index (χ2v) is 9.64. The van der Waals surface area contributed by atoms with Crippen LogP contribution in [0, 0.1) is 17.1 Å². The predicted molar refractivity (Wildman–Crippen MR) is 125 cm³/mol. The van der Waals surface area contributed by atoms with Crippen molar-refractivity contribution < 1.29 is 17.6 Å². The van der Waals surface area contributed by atoms with Crippen molar-refractivity contribution in [2.75, 3.05) is 10.8 Å². The van der Waals surface area contributed by atoms with Gasteiger partial charge in [0.2, 0.25) is 0 Å².